The first-order chi connectivity index (χ1) is 16.7. The topological polar surface area (TPSA) is 90.4 Å². The summed E-state index contributed by atoms with van der Waals surface area (Å²) < 4.78 is 14.3. The van der Waals surface area contributed by atoms with Crippen molar-refractivity contribution in [3.63, 3.8) is 0 Å². The van der Waals surface area contributed by atoms with Crippen LogP contribution in [0.5, 0.6) is 0 Å². The molecule has 2 aromatic rings. The number of hydrogen-bond donors (Lipinski definition) is 1. The van der Waals surface area contributed by atoms with E-state index in [-0.39, 0.29) is 35.7 Å². The molecule has 2 heterocycles. The fourth-order valence-electron chi connectivity index (χ4n) is 5.71. The first-order valence-corrected chi connectivity index (χ1v) is 11.2. The number of halogens is 1. The Balaban J connectivity index is 1.92. The minimum atomic E-state index is -1.71. The van der Waals surface area contributed by atoms with E-state index in [2.05, 4.69) is 12.0 Å². The summed E-state index contributed by atoms with van der Waals surface area (Å²) in [7, 11) is 0. The van der Waals surface area contributed by atoms with Crippen LogP contribution in [-0.2, 0) is 15.0 Å². The number of carbonyl (C=O) groups excluding carboxylic acids is 2. The number of nitrogens with zero attached hydrogens (tertiary/aromatic N) is 3. The van der Waals surface area contributed by atoms with Crippen molar-refractivity contribution in [1.82, 2.24) is 0 Å². The number of rotatable bonds is 2. The van der Waals surface area contributed by atoms with Gasteiger partial charge in [-0.2, -0.15) is 5.26 Å². The Hall–Kier alpha value is -4.36. The lowest BCUT2D eigenvalue weighted by Crippen LogP contribution is -2.53. The number of fused-ring (bicyclic) bond motifs is 3. The molecule has 174 valence electrons. The molecule has 0 fully saturated rings. The van der Waals surface area contributed by atoms with Gasteiger partial charge in [0.05, 0.1) is 17.8 Å². The Morgan fingerprint density at radius 3 is 2.57 bits per heavy atom. The molecule has 1 atom stereocenters. The zero-order valence-corrected chi connectivity index (χ0v) is 19.4. The van der Waals surface area contributed by atoms with Crippen LogP contribution in [0, 0.1) is 34.9 Å². The number of anilines is 2. The van der Waals surface area contributed by atoms with Crippen LogP contribution in [0.4, 0.5) is 15.8 Å². The van der Waals surface area contributed by atoms with E-state index in [4.69, 9.17) is 12.2 Å². The van der Waals surface area contributed by atoms with Crippen LogP contribution in [0.15, 0.2) is 71.2 Å². The van der Waals surface area contributed by atoms with Crippen molar-refractivity contribution < 1.29 is 14.0 Å². The van der Waals surface area contributed by atoms with Crippen LogP contribution in [-0.4, -0.2) is 18.2 Å². The van der Waals surface area contributed by atoms with Crippen LogP contribution in [0.3, 0.4) is 0 Å². The summed E-state index contributed by atoms with van der Waals surface area (Å²) in [6.45, 7) is 3.89. The highest BCUT2D eigenvalue weighted by Gasteiger charge is 2.63. The molecule has 1 spiro atoms. The summed E-state index contributed by atoms with van der Waals surface area (Å²) in [5.41, 5.74) is 6.57. The maximum absolute atomic E-state index is 14.3. The van der Waals surface area contributed by atoms with Gasteiger partial charge >= 0.3 is 0 Å². The Kier molecular flexibility index (Phi) is 4.86. The number of ketones is 1. The van der Waals surface area contributed by atoms with Crippen LogP contribution >= 0.6 is 0 Å². The lowest BCUT2D eigenvalue weighted by molar-refractivity contribution is -0.125. The van der Waals surface area contributed by atoms with E-state index in [9.17, 15) is 19.2 Å². The van der Waals surface area contributed by atoms with E-state index < -0.39 is 22.6 Å². The molecule has 0 unspecified atom stereocenters. The van der Waals surface area contributed by atoms with Gasteiger partial charge in [-0.1, -0.05) is 44.0 Å². The van der Waals surface area contributed by atoms with E-state index in [1.807, 2.05) is 13.8 Å². The van der Waals surface area contributed by atoms with Gasteiger partial charge in [0, 0.05) is 28.9 Å². The second-order valence-corrected chi connectivity index (χ2v) is 9.81. The first kappa shape index (κ1) is 22.4. The van der Waals surface area contributed by atoms with Crippen LogP contribution in [0.1, 0.15) is 32.3 Å². The van der Waals surface area contributed by atoms with E-state index in [0.717, 1.165) is 0 Å². The predicted molar refractivity (Wildman–Crippen MR) is 130 cm³/mol. The number of para-hydroxylation sites is 1. The molecule has 0 radical (unpaired) electrons. The quantitative estimate of drug-likeness (QED) is 0.678. The molecule has 35 heavy (non-hydrogen) atoms. The van der Waals surface area contributed by atoms with Crippen molar-refractivity contribution in [3.8, 4) is 18.4 Å². The van der Waals surface area contributed by atoms with Crippen LogP contribution in [0.25, 0.3) is 0 Å². The fourth-order valence-corrected chi connectivity index (χ4v) is 5.71. The lowest BCUT2D eigenvalue weighted by Gasteiger charge is -2.47. The highest BCUT2D eigenvalue weighted by atomic mass is 19.1. The van der Waals surface area contributed by atoms with Crippen molar-refractivity contribution in [3.05, 3.63) is 82.6 Å². The van der Waals surface area contributed by atoms with E-state index in [0.29, 0.717) is 29.1 Å². The number of nitrogens with two attached hydrogens (primary N) is 1. The normalized spacial score (nSPS) is 22.8. The van der Waals surface area contributed by atoms with Crippen LogP contribution in [0.2, 0.25) is 0 Å². The second kappa shape index (κ2) is 7.58. The highest BCUT2D eigenvalue weighted by molar-refractivity contribution is 6.21. The molecule has 0 aromatic heterocycles. The number of benzene rings is 2. The predicted octanol–water partition coefficient (Wildman–Crippen LogP) is 3.90. The van der Waals surface area contributed by atoms with Gasteiger partial charge in [0.25, 0.3) is 0 Å². The zero-order valence-electron chi connectivity index (χ0n) is 19.4. The standard InChI is InChI=1S/C28H23FN4O2/c1-4-12-32-21-11-6-5-10-19(21)28(26(32)35)20(16-30)25(31)33(18-9-7-8-17(29)13-18)22-14-27(2,3)15-23(34)24(22)28/h1,5-11,13H,12,14-15,31H2,2-3H3/t28-/m0/s1. The maximum atomic E-state index is 14.3. The zero-order chi connectivity index (χ0) is 25.1. The van der Waals surface area contributed by atoms with E-state index >= 15 is 0 Å². The summed E-state index contributed by atoms with van der Waals surface area (Å²) in [6, 6.07) is 15.0. The van der Waals surface area contributed by atoms with Gasteiger partial charge in [0.1, 0.15) is 23.1 Å². The Morgan fingerprint density at radius 1 is 1.14 bits per heavy atom. The van der Waals surface area contributed by atoms with Crippen LogP contribution < -0.4 is 15.5 Å². The summed E-state index contributed by atoms with van der Waals surface area (Å²) in [5, 5.41) is 10.4. The van der Waals surface area contributed by atoms with Gasteiger partial charge in [-0.3, -0.25) is 19.4 Å². The number of allylic oxidation sites excluding steroid dienone is 1. The van der Waals surface area contributed by atoms with Gasteiger partial charge in [-0.15, -0.1) is 6.42 Å². The third kappa shape index (κ3) is 2.95. The molecule has 7 heteroatoms. The molecular weight excluding hydrogens is 443 g/mol. The van der Waals surface area contributed by atoms with Crippen molar-refractivity contribution in [1.29, 1.82) is 5.26 Å². The molecule has 6 nitrogen and oxygen atoms in total. The number of terminal acetylenes is 1. The smallest absolute Gasteiger partial charge is 0.248 e. The summed E-state index contributed by atoms with van der Waals surface area (Å²) in [6.07, 6.45) is 6.17. The van der Waals surface area contributed by atoms with E-state index in [1.54, 1.807) is 35.2 Å². The summed E-state index contributed by atoms with van der Waals surface area (Å²) in [4.78, 5) is 31.1. The fraction of sp³-hybridized carbons (Fsp3) is 0.250. The van der Waals surface area contributed by atoms with Gasteiger partial charge < -0.3 is 5.73 Å². The van der Waals surface area contributed by atoms with Gasteiger partial charge in [0.15, 0.2) is 5.78 Å². The van der Waals surface area contributed by atoms with Gasteiger partial charge in [-0.25, -0.2) is 4.39 Å². The molecule has 1 amide bonds. The Morgan fingerprint density at radius 2 is 1.89 bits per heavy atom. The average molecular weight is 467 g/mol. The molecule has 2 aliphatic heterocycles. The molecule has 2 N–H and O–H groups in total. The SMILES string of the molecule is C#CCN1C(=O)[C@]2(C(C#N)=C(N)N(c3cccc(F)c3)C3=C2C(=O)CC(C)(C)C3)c2ccccc21. The van der Waals surface area contributed by atoms with Crippen molar-refractivity contribution in [2.45, 2.75) is 32.1 Å². The summed E-state index contributed by atoms with van der Waals surface area (Å²) in [5.74, 6) is 1.29. The third-order valence-corrected chi connectivity index (χ3v) is 6.96. The monoisotopic (exact) mass is 466 g/mol. The molecule has 0 saturated carbocycles. The highest BCUT2D eigenvalue weighted by Crippen LogP contribution is 2.58. The average Bonchev–Trinajstić information content (AvgIpc) is 3.02. The minimum Gasteiger partial charge on any atom is -0.384 e. The Bertz CT molecular complexity index is 1460. The maximum Gasteiger partial charge on any atom is 0.248 e. The number of nitriles is 1. The first-order valence-electron chi connectivity index (χ1n) is 11.2. The van der Waals surface area contributed by atoms with Gasteiger partial charge in [-0.05, 0) is 36.1 Å². The number of amides is 1. The Labute approximate surface area is 203 Å². The third-order valence-electron chi connectivity index (χ3n) is 6.96. The largest absolute Gasteiger partial charge is 0.384 e. The van der Waals surface area contributed by atoms with E-state index in [1.165, 1.54) is 23.1 Å². The molecule has 0 bridgehead atoms. The van der Waals surface area contributed by atoms with Gasteiger partial charge in [0.2, 0.25) is 5.91 Å². The lowest BCUT2D eigenvalue weighted by atomic mass is 9.60. The number of carbonyl (C=O) groups is 2. The molecule has 5 rings (SSSR count). The summed E-state index contributed by atoms with van der Waals surface area (Å²) >= 11 is 0. The minimum absolute atomic E-state index is 0.00643. The second-order valence-electron chi connectivity index (χ2n) is 9.81. The number of hydrogen-bond acceptors (Lipinski definition) is 5. The molecule has 1 aliphatic carbocycles. The molecular formula is C28H23FN4O2. The molecule has 3 aliphatic rings. The number of Topliss-reactive ketones (excluding diaryl/α,β-unsaturated/α-hetero) is 1. The molecule has 2 aromatic carbocycles. The van der Waals surface area contributed by atoms with Crippen molar-refractivity contribution in [2.75, 3.05) is 16.3 Å². The molecule has 0 saturated heterocycles. The van der Waals surface area contributed by atoms with Crippen molar-refractivity contribution in [2.24, 2.45) is 11.1 Å². The van der Waals surface area contributed by atoms with Crippen molar-refractivity contribution >= 4 is 23.1 Å².